The zero-order valence-electron chi connectivity index (χ0n) is 14.6. The molecule has 25 heavy (non-hydrogen) atoms. The van der Waals surface area contributed by atoms with Gasteiger partial charge >= 0.3 is 0 Å². The second kappa shape index (κ2) is 7.16. The first-order valence-electron chi connectivity index (χ1n) is 9.12. The monoisotopic (exact) mass is 356 g/mol. The largest absolute Gasteiger partial charge is 0.474 e. The normalized spacial score (nSPS) is 25.2. The molecule has 2 fully saturated rings. The van der Waals surface area contributed by atoms with Gasteiger partial charge in [0.05, 0.1) is 0 Å². The average molecular weight is 356 g/mol. The van der Waals surface area contributed by atoms with Crippen LogP contribution in [0.5, 0.6) is 5.88 Å². The number of aromatic nitrogens is 1. The molecule has 0 N–H and O–H groups in total. The molecule has 2 aromatic heterocycles. The molecule has 132 valence electrons. The smallest absolute Gasteiger partial charge is 0.223 e. The van der Waals surface area contributed by atoms with Crippen LogP contribution in [0.25, 0.3) is 0 Å². The van der Waals surface area contributed by atoms with E-state index in [9.17, 15) is 4.79 Å². The third-order valence-corrected chi connectivity index (χ3v) is 6.52. The Bertz CT molecular complexity index is 716. The fourth-order valence-corrected chi connectivity index (χ4v) is 5.14. The van der Waals surface area contributed by atoms with Gasteiger partial charge in [0.15, 0.2) is 0 Å². The summed E-state index contributed by atoms with van der Waals surface area (Å²) in [5, 5.41) is 2.11. The van der Waals surface area contributed by atoms with E-state index in [0.717, 1.165) is 32.1 Å². The SMILES string of the molecule is Cc1ccsc1CCC(=O)N1C2CCC1CC(Oc1ccccn1)C2. The lowest BCUT2D eigenvalue weighted by Crippen LogP contribution is -2.49. The molecule has 0 radical (unpaired) electrons. The van der Waals surface area contributed by atoms with E-state index < -0.39 is 0 Å². The Kier molecular flexibility index (Phi) is 4.75. The van der Waals surface area contributed by atoms with Crippen LogP contribution in [0.2, 0.25) is 0 Å². The summed E-state index contributed by atoms with van der Waals surface area (Å²) in [6.07, 6.45) is 7.50. The quantitative estimate of drug-likeness (QED) is 0.814. The number of rotatable bonds is 5. The number of carbonyl (C=O) groups excluding carboxylic acids is 1. The predicted molar refractivity (Wildman–Crippen MR) is 98.9 cm³/mol. The summed E-state index contributed by atoms with van der Waals surface area (Å²) in [5.41, 5.74) is 1.31. The molecule has 4 nitrogen and oxygen atoms in total. The molecule has 2 aliphatic heterocycles. The summed E-state index contributed by atoms with van der Waals surface area (Å²) in [6.45, 7) is 2.13. The van der Waals surface area contributed by atoms with Crippen molar-refractivity contribution in [2.45, 2.75) is 63.6 Å². The lowest BCUT2D eigenvalue weighted by Gasteiger charge is -2.38. The van der Waals surface area contributed by atoms with E-state index in [2.05, 4.69) is 28.3 Å². The lowest BCUT2D eigenvalue weighted by atomic mass is 9.98. The maximum atomic E-state index is 12.8. The van der Waals surface area contributed by atoms with E-state index in [1.165, 1.54) is 10.4 Å². The minimum atomic E-state index is 0.177. The van der Waals surface area contributed by atoms with Gasteiger partial charge in [-0.1, -0.05) is 6.07 Å². The summed E-state index contributed by atoms with van der Waals surface area (Å²) in [5.74, 6) is 1.01. The summed E-state index contributed by atoms with van der Waals surface area (Å²) in [7, 11) is 0. The van der Waals surface area contributed by atoms with Gasteiger partial charge in [0, 0.05) is 48.5 Å². The Morgan fingerprint density at radius 2 is 2.08 bits per heavy atom. The summed E-state index contributed by atoms with van der Waals surface area (Å²) >= 11 is 1.76. The third-order valence-electron chi connectivity index (χ3n) is 5.44. The topological polar surface area (TPSA) is 42.4 Å². The maximum Gasteiger partial charge on any atom is 0.223 e. The first-order chi connectivity index (χ1) is 12.2. The van der Waals surface area contributed by atoms with Gasteiger partial charge in [-0.05, 0) is 49.3 Å². The molecule has 2 atom stereocenters. The van der Waals surface area contributed by atoms with Gasteiger partial charge in [-0.3, -0.25) is 4.79 Å². The number of nitrogens with zero attached hydrogens (tertiary/aromatic N) is 2. The van der Waals surface area contributed by atoms with Crippen LogP contribution in [0.15, 0.2) is 35.8 Å². The predicted octanol–water partition coefficient (Wildman–Crippen LogP) is 3.99. The number of pyridine rings is 1. The standard InChI is InChI=1S/C20H24N2O2S/c1-14-9-11-25-18(14)7-8-20(23)22-15-5-6-16(22)13-17(12-15)24-19-4-2-3-10-21-19/h2-4,9-11,15-17H,5-8,12-13H2,1H3. The zero-order valence-corrected chi connectivity index (χ0v) is 15.4. The van der Waals surface area contributed by atoms with Crippen molar-refractivity contribution in [3.63, 3.8) is 0 Å². The van der Waals surface area contributed by atoms with Gasteiger partial charge in [-0.2, -0.15) is 0 Å². The number of thiophene rings is 1. The fraction of sp³-hybridized carbons (Fsp3) is 0.500. The van der Waals surface area contributed by atoms with E-state index >= 15 is 0 Å². The molecular formula is C20H24N2O2S. The van der Waals surface area contributed by atoms with Crippen molar-refractivity contribution in [2.24, 2.45) is 0 Å². The molecule has 4 heterocycles. The highest BCUT2D eigenvalue weighted by atomic mass is 32.1. The molecule has 2 unspecified atom stereocenters. The minimum absolute atomic E-state index is 0.177. The molecule has 2 bridgehead atoms. The molecule has 5 heteroatoms. The van der Waals surface area contributed by atoms with Crippen molar-refractivity contribution in [1.82, 2.24) is 9.88 Å². The Labute approximate surface area is 152 Å². The van der Waals surface area contributed by atoms with Crippen LogP contribution < -0.4 is 4.74 Å². The number of amides is 1. The average Bonchev–Trinajstić information content (AvgIpc) is 3.14. The Morgan fingerprint density at radius 3 is 2.72 bits per heavy atom. The molecule has 0 spiro atoms. The van der Waals surface area contributed by atoms with E-state index in [4.69, 9.17) is 4.74 Å². The highest BCUT2D eigenvalue weighted by molar-refractivity contribution is 7.10. The van der Waals surface area contributed by atoms with Crippen LogP contribution in [-0.4, -0.2) is 34.0 Å². The van der Waals surface area contributed by atoms with Crippen LogP contribution in [0.4, 0.5) is 0 Å². The van der Waals surface area contributed by atoms with E-state index in [1.54, 1.807) is 17.5 Å². The van der Waals surface area contributed by atoms with Gasteiger partial charge in [-0.25, -0.2) is 4.98 Å². The van der Waals surface area contributed by atoms with Crippen LogP contribution >= 0.6 is 11.3 Å². The summed E-state index contributed by atoms with van der Waals surface area (Å²) < 4.78 is 6.05. The third kappa shape index (κ3) is 3.56. The molecule has 2 aromatic rings. The molecule has 2 aliphatic rings. The number of aryl methyl sites for hydroxylation is 2. The Morgan fingerprint density at radius 1 is 1.28 bits per heavy atom. The molecular weight excluding hydrogens is 332 g/mol. The first kappa shape index (κ1) is 16.6. The fourth-order valence-electron chi connectivity index (χ4n) is 4.23. The van der Waals surface area contributed by atoms with Gasteiger partial charge in [0.1, 0.15) is 6.10 Å². The second-order valence-electron chi connectivity index (χ2n) is 7.09. The lowest BCUT2D eigenvalue weighted by molar-refractivity contribution is -0.137. The molecule has 1 amide bonds. The van der Waals surface area contributed by atoms with Gasteiger partial charge in [-0.15, -0.1) is 11.3 Å². The van der Waals surface area contributed by atoms with E-state index in [0.29, 0.717) is 30.3 Å². The van der Waals surface area contributed by atoms with Crippen molar-refractivity contribution >= 4 is 17.2 Å². The van der Waals surface area contributed by atoms with Crippen molar-refractivity contribution < 1.29 is 9.53 Å². The van der Waals surface area contributed by atoms with Crippen LogP contribution in [0, 0.1) is 6.92 Å². The van der Waals surface area contributed by atoms with Gasteiger partial charge < -0.3 is 9.64 Å². The van der Waals surface area contributed by atoms with Crippen LogP contribution in [-0.2, 0) is 11.2 Å². The molecule has 4 rings (SSSR count). The summed E-state index contributed by atoms with van der Waals surface area (Å²) in [6, 6.07) is 8.56. The van der Waals surface area contributed by atoms with Crippen LogP contribution in [0.3, 0.4) is 0 Å². The van der Waals surface area contributed by atoms with Crippen molar-refractivity contribution in [1.29, 1.82) is 0 Å². The van der Waals surface area contributed by atoms with Gasteiger partial charge in [0.2, 0.25) is 11.8 Å². The number of fused-ring (bicyclic) bond motifs is 2. The first-order valence-corrected chi connectivity index (χ1v) is 10.0. The molecule has 0 saturated carbocycles. The number of hydrogen-bond donors (Lipinski definition) is 0. The minimum Gasteiger partial charge on any atom is -0.474 e. The van der Waals surface area contributed by atoms with Crippen LogP contribution in [0.1, 0.15) is 42.5 Å². The van der Waals surface area contributed by atoms with Crippen molar-refractivity contribution in [3.05, 3.63) is 46.3 Å². The Hall–Kier alpha value is -1.88. The molecule has 0 aromatic carbocycles. The second-order valence-corrected chi connectivity index (χ2v) is 8.09. The Balaban J connectivity index is 1.35. The van der Waals surface area contributed by atoms with E-state index in [1.807, 2.05) is 18.2 Å². The summed E-state index contributed by atoms with van der Waals surface area (Å²) in [4.78, 5) is 20.6. The zero-order chi connectivity index (χ0) is 17.2. The maximum absolute atomic E-state index is 12.8. The highest BCUT2D eigenvalue weighted by Crippen LogP contribution is 2.37. The number of piperidine rings is 1. The van der Waals surface area contributed by atoms with Crippen molar-refractivity contribution in [3.8, 4) is 5.88 Å². The van der Waals surface area contributed by atoms with Gasteiger partial charge in [0.25, 0.3) is 0 Å². The highest BCUT2D eigenvalue weighted by Gasteiger charge is 2.43. The van der Waals surface area contributed by atoms with Crippen molar-refractivity contribution in [2.75, 3.05) is 0 Å². The molecule has 2 saturated heterocycles. The number of hydrogen-bond acceptors (Lipinski definition) is 4. The number of carbonyl (C=O) groups is 1. The van der Waals surface area contributed by atoms with E-state index in [-0.39, 0.29) is 6.10 Å². The number of ether oxygens (including phenoxy) is 1. The molecule has 0 aliphatic carbocycles.